The number of amides is 1. The average Bonchev–Trinajstić information content (AvgIpc) is 3.15. The zero-order chi connectivity index (χ0) is 19.9. The number of Topliss-reactive ketones (excluding diaryl/α,β-unsaturated/α-hetero) is 1. The largest absolute Gasteiger partial charge is 0.338 e. The van der Waals surface area contributed by atoms with Gasteiger partial charge in [0.05, 0.1) is 6.54 Å². The van der Waals surface area contributed by atoms with Crippen LogP contribution in [0.3, 0.4) is 0 Å². The number of nitrogens with two attached hydrogens (primary N) is 1. The van der Waals surface area contributed by atoms with Crippen LogP contribution in [-0.4, -0.2) is 57.6 Å². The first-order valence-electron chi connectivity index (χ1n) is 10.3. The summed E-state index contributed by atoms with van der Waals surface area (Å²) in [5.41, 5.74) is 7.62. The lowest BCUT2D eigenvalue weighted by atomic mass is 9.84. The van der Waals surface area contributed by atoms with E-state index >= 15 is 0 Å². The van der Waals surface area contributed by atoms with Crippen molar-refractivity contribution in [1.29, 1.82) is 0 Å². The summed E-state index contributed by atoms with van der Waals surface area (Å²) in [6.07, 6.45) is 9.58. The summed E-state index contributed by atoms with van der Waals surface area (Å²) in [5.74, 6) is 0.442. The Morgan fingerprint density at radius 3 is 2.71 bits per heavy atom. The Morgan fingerprint density at radius 1 is 1.29 bits per heavy atom. The van der Waals surface area contributed by atoms with Crippen LogP contribution in [0.15, 0.2) is 4.52 Å². The van der Waals surface area contributed by atoms with Crippen molar-refractivity contribution in [3.05, 3.63) is 11.7 Å². The second kappa shape index (κ2) is 10.1. The van der Waals surface area contributed by atoms with Gasteiger partial charge in [0.15, 0.2) is 0 Å². The zero-order valence-corrected chi connectivity index (χ0v) is 16.3. The number of hydrogen-bond donors (Lipinski definition) is 3. The van der Waals surface area contributed by atoms with E-state index in [-0.39, 0.29) is 42.4 Å². The van der Waals surface area contributed by atoms with Crippen molar-refractivity contribution >= 4 is 11.7 Å². The molecule has 1 amide bonds. The Hall–Kier alpha value is -1.84. The van der Waals surface area contributed by atoms with E-state index in [4.69, 9.17) is 15.5 Å². The van der Waals surface area contributed by atoms with Gasteiger partial charge in [0.2, 0.25) is 5.89 Å². The van der Waals surface area contributed by atoms with E-state index < -0.39 is 0 Å². The lowest BCUT2D eigenvalue weighted by Gasteiger charge is -2.35. The van der Waals surface area contributed by atoms with Crippen LogP contribution in [0.4, 0.5) is 0 Å². The van der Waals surface area contributed by atoms with Crippen molar-refractivity contribution in [2.24, 2.45) is 11.7 Å². The molecule has 156 valence electrons. The Labute approximate surface area is 165 Å². The lowest BCUT2D eigenvalue weighted by Crippen LogP contribution is -2.58. The number of aromatic nitrogens is 2. The van der Waals surface area contributed by atoms with E-state index in [0.29, 0.717) is 19.0 Å². The molecular formula is C19H31N5O4. The highest BCUT2D eigenvalue weighted by Crippen LogP contribution is 2.31. The SMILES string of the molecule is NC1CN(C(=O)c2noc([C@H](CCCC3CCCCC3)CC(=O)CNO)n2)C1. The molecule has 2 aliphatic rings. The number of ketones is 1. The fourth-order valence-electron chi connectivity index (χ4n) is 4.18. The monoisotopic (exact) mass is 393 g/mol. The third kappa shape index (κ3) is 5.59. The van der Waals surface area contributed by atoms with Crippen LogP contribution in [0.5, 0.6) is 0 Å². The molecule has 2 fully saturated rings. The van der Waals surface area contributed by atoms with Gasteiger partial charge in [0.25, 0.3) is 11.7 Å². The Balaban J connectivity index is 1.59. The van der Waals surface area contributed by atoms with E-state index in [1.54, 1.807) is 4.90 Å². The molecule has 0 aromatic carbocycles. The third-order valence-electron chi connectivity index (χ3n) is 5.82. The first-order valence-corrected chi connectivity index (χ1v) is 10.3. The number of rotatable bonds is 10. The molecule has 1 saturated carbocycles. The maximum absolute atomic E-state index is 12.3. The van der Waals surface area contributed by atoms with Crippen molar-refractivity contribution in [3.63, 3.8) is 0 Å². The van der Waals surface area contributed by atoms with Crippen molar-refractivity contribution in [2.45, 2.75) is 69.7 Å². The predicted molar refractivity (Wildman–Crippen MR) is 101 cm³/mol. The van der Waals surface area contributed by atoms with Gasteiger partial charge in [-0.2, -0.15) is 10.5 Å². The summed E-state index contributed by atoms with van der Waals surface area (Å²) >= 11 is 0. The van der Waals surface area contributed by atoms with E-state index in [9.17, 15) is 9.59 Å². The molecule has 9 nitrogen and oxygen atoms in total. The summed E-state index contributed by atoms with van der Waals surface area (Å²) < 4.78 is 5.34. The molecule has 0 radical (unpaired) electrons. The molecule has 1 aromatic heterocycles. The summed E-state index contributed by atoms with van der Waals surface area (Å²) in [7, 11) is 0. The summed E-state index contributed by atoms with van der Waals surface area (Å²) in [6, 6.07) is 0.00598. The van der Waals surface area contributed by atoms with Crippen LogP contribution in [0.1, 0.15) is 80.2 Å². The molecule has 1 aromatic rings. The summed E-state index contributed by atoms with van der Waals surface area (Å²) in [5, 5.41) is 12.6. The zero-order valence-electron chi connectivity index (χ0n) is 16.3. The molecule has 1 aliphatic heterocycles. The van der Waals surface area contributed by atoms with E-state index in [1.165, 1.54) is 32.1 Å². The Kier molecular flexibility index (Phi) is 7.52. The first kappa shape index (κ1) is 20.9. The van der Waals surface area contributed by atoms with Gasteiger partial charge in [-0.25, -0.2) is 0 Å². The highest BCUT2D eigenvalue weighted by Gasteiger charge is 2.32. The van der Waals surface area contributed by atoms with Gasteiger partial charge in [-0.3, -0.25) is 9.59 Å². The molecule has 9 heteroatoms. The Bertz CT molecular complexity index is 653. The second-order valence-corrected chi connectivity index (χ2v) is 8.14. The van der Waals surface area contributed by atoms with Crippen molar-refractivity contribution in [1.82, 2.24) is 20.5 Å². The van der Waals surface area contributed by atoms with Crippen molar-refractivity contribution in [2.75, 3.05) is 19.6 Å². The van der Waals surface area contributed by atoms with Gasteiger partial charge < -0.3 is 20.4 Å². The van der Waals surface area contributed by atoms with Crippen LogP contribution < -0.4 is 11.2 Å². The normalized spacial score (nSPS) is 19.4. The van der Waals surface area contributed by atoms with Crippen molar-refractivity contribution in [3.8, 4) is 0 Å². The Morgan fingerprint density at radius 2 is 2.04 bits per heavy atom. The van der Waals surface area contributed by atoms with Gasteiger partial charge >= 0.3 is 0 Å². The van der Waals surface area contributed by atoms with Gasteiger partial charge in [-0.05, 0) is 12.3 Å². The van der Waals surface area contributed by atoms with Crippen LogP contribution in [0, 0.1) is 5.92 Å². The quantitative estimate of drug-likeness (QED) is 0.511. The minimum atomic E-state index is -0.291. The minimum absolute atomic E-state index is 0.00598. The highest BCUT2D eigenvalue weighted by molar-refractivity contribution is 5.91. The van der Waals surface area contributed by atoms with Gasteiger partial charge in [-0.1, -0.05) is 50.1 Å². The number of carbonyl (C=O) groups is 2. The third-order valence-corrected chi connectivity index (χ3v) is 5.82. The van der Waals surface area contributed by atoms with E-state index in [0.717, 1.165) is 25.2 Å². The van der Waals surface area contributed by atoms with Gasteiger partial charge in [-0.15, -0.1) is 0 Å². The van der Waals surface area contributed by atoms with Gasteiger partial charge in [0.1, 0.15) is 5.78 Å². The summed E-state index contributed by atoms with van der Waals surface area (Å²) in [6.45, 7) is 0.868. The van der Waals surface area contributed by atoms with Gasteiger partial charge in [0, 0.05) is 31.5 Å². The molecule has 1 atom stereocenters. The maximum Gasteiger partial charge on any atom is 0.295 e. The van der Waals surface area contributed by atoms with E-state index in [1.807, 2.05) is 5.48 Å². The maximum atomic E-state index is 12.3. The lowest BCUT2D eigenvalue weighted by molar-refractivity contribution is -0.120. The van der Waals surface area contributed by atoms with Crippen LogP contribution in [-0.2, 0) is 4.79 Å². The number of nitrogens with zero attached hydrogens (tertiary/aromatic N) is 3. The molecule has 1 aliphatic carbocycles. The standard InChI is InChI=1S/C19H31N5O4/c20-15-11-24(12-15)19(26)17-22-18(28-23-17)14(9-16(25)10-21-27)8-4-7-13-5-2-1-3-6-13/h13-15,21,27H,1-12,20H2/t14-/m1/s1. The molecule has 28 heavy (non-hydrogen) atoms. The minimum Gasteiger partial charge on any atom is -0.338 e. The number of hydrogen-bond acceptors (Lipinski definition) is 8. The first-order chi connectivity index (χ1) is 13.6. The van der Waals surface area contributed by atoms with Crippen molar-refractivity contribution < 1.29 is 19.3 Å². The fourth-order valence-corrected chi connectivity index (χ4v) is 4.18. The molecule has 2 heterocycles. The molecular weight excluding hydrogens is 362 g/mol. The van der Waals surface area contributed by atoms with E-state index in [2.05, 4.69) is 10.1 Å². The number of carbonyl (C=O) groups excluding carboxylic acids is 2. The summed E-state index contributed by atoms with van der Waals surface area (Å²) in [4.78, 5) is 30.2. The molecule has 4 N–H and O–H groups in total. The highest BCUT2D eigenvalue weighted by atomic mass is 16.5. The smallest absolute Gasteiger partial charge is 0.295 e. The second-order valence-electron chi connectivity index (χ2n) is 8.14. The number of nitrogens with one attached hydrogen (secondary N) is 1. The molecule has 0 unspecified atom stereocenters. The predicted octanol–water partition coefficient (Wildman–Crippen LogP) is 1.62. The number of likely N-dealkylation sites (tertiary alicyclic amines) is 1. The average molecular weight is 393 g/mol. The van der Waals surface area contributed by atoms with Crippen LogP contribution in [0.2, 0.25) is 0 Å². The fraction of sp³-hybridized carbons (Fsp3) is 0.789. The molecule has 0 spiro atoms. The topological polar surface area (TPSA) is 135 Å². The van der Waals surface area contributed by atoms with Crippen LogP contribution >= 0.6 is 0 Å². The molecule has 1 saturated heterocycles. The molecule has 0 bridgehead atoms. The number of hydroxylamine groups is 1. The van der Waals surface area contributed by atoms with Crippen LogP contribution in [0.25, 0.3) is 0 Å². The molecule has 3 rings (SSSR count).